The lowest BCUT2D eigenvalue weighted by molar-refractivity contribution is 0.102. The Balaban J connectivity index is 1.52. The first-order valence-electron chi connectivity index (χ1n) is 8.30. The van der Waals surface area contributed by atoms with Crippen molar-refractivity contribution in [3.8, 4) is 0 Å². The SMILES string of the molecule is Cc1ccc(NC(=O)c2ccc(NCCc3cccc(Cl)c3)nn2)cc1. The molecule has 2 aromatic carbocycles. The molecule has 0 saturated carbocycles. The second kappa shape index (κ2) is 8.45. The molecule has 1 heterocycles. The molecule has 0 radical (unpaired) electrons. The molecule has 0 spiro atoms. The minimum atomic E-state index is -0.285. The van der Waals surface area contributed by atoms with Crippen molar-refractivity contribution in [1.29, 1.82) is 0 Å². The van der Waals surface area contributed by atoms with E-state index in [1.54, 1.807) is 12.1 Å². The van der Waals surface area contributed by atoms with E-state index >= 15 is 0 Å². The number of rotatable bonds is 6. The van der Waals surface area contributed by atoms with Gasteiger partial charge in [-0.15, -0.1) is 10.2 Å². The van der Waals surface area contributed by atoms with Gasteiger partial charge >= 0.3 is 0 Å². The normalized spacial score (nSPS) is 10.4. The predicted octanol–water partition coefficient (Wildman–Crippen LogP) is 4.35. The van der Waals surface area contributed by atoms with Gasteiger partial charge in [0.2, 0.25) is 0 Å². The fourth-order valence-electron chi connectivity index (χ4n) is 2.41. The first-order chi connectivity index (χ1) is 12.6. The maximum atomic E-state index is 12.2. The molecule has 0 aliphatic rings. The van der Waals surface area contributed by atoms with Crippen LogP contribution < -0.4 is 10.6 Å². The Morgan fingerprint density at radius 1 is 1.04 bits per heavy atom. The molecule has 0 fully saturated rings. The lowest BCUT2D eigenvalue weighted by Gasteiger charge is -2.07. The average Bonchev–Trinajstić information content (AvgIpc) is 2.64. The number of carbonyl (C=O) groups is 1. The van der Waals surface area contributed by atoms with Crippen LogP contribution in [0.1, 0.15) is 21.6 Å². The smallest absolute Gasteiger partial charge is 0.276 e. The Morgan fingerprint density at radius 2 is 1.85 bits per heavy atom. The van der Waals surface area contributed by atoms with E-state index in [1.165, 1.54) is 0 Å². The van der Waals surface area contributed by atoms with Crippen molar-refractivity contribution < 1.29 is 4.79 Å². The Hall–Kier alpha value is -2.92. The van der Waals surface area contributed by atoms with Gasteiger partial charge in [-0.2, -0.15) is 0 Å². The fraction of sp³-hybridized carbons (Fsp3) is 0.150. The van der Waals surface area contributed by atoms with Gasteiger partial charge in [0.05, 0.1) is 0 Å². The predicted molar refractivity (Wildman–Crippen MR) is 105 cm³/mol. The molecular formula is C20H19ClN4O. The van der Waals surface area contributed by atoms with Crippen LogP contribution in [0.2, 0.25) is 5.02 Å². The molecule has 3 rings (SSSR count). The summed E-state index contributed by atoms with van der Waals surface area (Å²) in [7, 11) is 0. The van der Waals surface area contributed by atoms with E-state index in [-0.39, 0.29) is 11.6 Å². The number of aryl methyl sites for hydroxylation is 1. The zero-order chi connectivity index (χ0) is 18.4. The van der Waals surface area contributed by atoms with Crippen LogP contribution in [0, 0.1) is 6.92 Å². The molecule has 1 amide bonds. The average molecular weight is 367 g/mol. The van der Waals surface area contributed by atoms with Gasteiger partial charge in [0.1, 0.15) is 5.82 Å². The summed E-state index contributed by atoms with van der Waals surface area (Å²) in [5.74, 6) is 0.339. The van der Waals surface area contributed by atoms with E-state index in [4.69, 9.17) is 11.6 Å². The van der Waals surface area contributed by atoms with E-state index in [1.807, 2.05) is 55.5 Å². The van der Waals surface area contributed by atoms with Crippen molar-refractivity contribution in [3.63, 3.8) is 0 Å². The number of nitrogens with one attached hydrogen (secondary N) is 2. The summed E-state index contributed by atoms with van der Waals surface area (Å²) in [4.78, 5) is 12.2. The fourth-order valence-corrected chi connectivity index (χ4v) is 2.62. The Labute approximate surface area is 157 Å². The number of carbonyl (C=O) groups excluding carboxylic acids is 1. The van der Waals surface area contributed by atoms with E-state index in [9.17, 15) is 4.79 Å². The molecule has 0 aliphatic heterocycles. The van der Waals surface area contributed by atoms with Crippen molar-refractivity contribution >= 4 is 29.0 Å². The Bertz CT molecular complexity index is 879. The van der Waals surface area contributed by atoms with Crippen LogP contribution in [0.15, 0.2) is 60.7 Å². The molecule has 6 heteroatoms. The summed E-state index contributed by atoms with van der Waals surface area (Å²) >= 11 is 5.97. The number of nitrogens with zero attached hydrogens (tertiary/aromatic N) is 2. The van der Waals surface area contributed by atoms with Crippen molar-refractivity contribution in [1.82, 2.24) is 10.2 Å². The van der Waals surface area contributed by atoms with Gasteiger partial charge < -0.3 is 10.6 Å². The third-order valence-electron chi connectivity index (χ3n) is 3.82. The topological polar surface area (TPSA) is 66.9 Å². The zero-order valence-corrected chi connectivity index (χ0v) is 15.1. The van der Waals surface area contributed by atoms with E-state index < -0.39 is 0 Å². The summed E-state index contributed by atoms with van der Waals surface area (Å²) in [5.41, 5.74) is 3.28. The number of hydrogen-bond acceptors (Lipinski definition) is 4. The molecular weight excluding hydrogens is 348 g/mol. The number of benzene rings is 2. The standard InChI is InChI=1S/C20H19ClN4O/c1-14-5-7-17(8-6-14)23-20(26)18-9-10-19(25-24-18)22-12-11-15-3-2-4-16(21)13-15/h2-10,13H,11-12H2,1H3,(H,22,25)(H,23,26). The lowest BCUT2D eigenvalue weighted by atomic mass is 10.1. The van der Waals surface area contributed by atoms with Gasteiger partial charge in [-0.1, -0.05) is 41.4 Å². The van der Waals surface area contributed by atoms with Crippen molar-refractivity contribution in [2.75, 3.05) is 17.2 Å². The molecule has 0 bridgehead atoms. The molecule has 26 heavy (non-hydrogen) atoms. The van der Waals surface area contributed by atoms with Gasteiger partial charge in [0, 0.05) is 17.3 Å². The third kappa shape index (κ3) is 5.04. The van der Waals surface area contributed by atoms with Crippen LogP contribution in [0.3, 0.4) is 0 Å². The molecule has 0 atom stereocenters. The van der Waals surface area contributed by atoms with E-state index in [0.717, 1.165) is 28.3 Å². The number of halogens is 1. The monoisotopic (exact) mass is 366 g/mol. The van der Waals surface area contributed by atoms with Gasteiger partial charge in [0.15, 0.2) is 5.69 Å². The minimum Gasteiger partial charge on any atom is -0.368 e. The molecule has 0 aliphatic carbocycles. The molecule has 132 valence electrons. The highest BCUT2D eigenvalue weighted by molar-refractivity contribution is 6.30. The maximum Gasteiger partial charge on any atom is 0.276 e. The Kier molecular flexibility index (Phi) is 5.81. The quantitative estimate of drug-likeness (QED) is 0.680. The number of anilines is 2. The molecule has 2 N–H and O–H groups in total. The highest BCUT2D eigenvalue weighted by Crippen LogP contribution is 2.12. The molecule has 0 saturated heterocycles. The van der Waals surface area contributed by atoms with E-state index in [2.05, 4.69) is 20.8 Å². The zero-order valence-electron chi connectivity index (χ0n) is 14.4. The highest BCUT2D eigenvalue weighted by Gasteiger charge is 2.08. The van der Waals surface area contributed by atoms with Crippen LogP contribution in [0.25, 0.3) is 0 Å². The molecule has 5 nitrogen and oxygen atoms in total. The summed E-state index contributed by atoms with van der Waals surface area (Å²) in [6, 6.07) is 18.7. The van der Waals surface area contributed by atoms with Gasteiger partial charge in [0.25, 0.3) is 5.91 Å². The highest BCUT2D eigenvalue weighted by atomic mass is 35.5. The van der Waals surface area contributed by atoms with Crippen molar-refractivity contribution in [2.24, 2.45) is 0 Å². The van der Waals surface area contributed by atoms with Crippen LogP contribution in [0.5, 0.6) is 0 Å². The molecule has 3 aromatic rings. The first-order valence-corrected chi connectivity index (χ1v) is 8.68. The summed E-state index contributed by atoms with van der Waals surface area (Å²) in [5, 5.41) is 14.8. The number of amides is 1. The van der Waals surface area contributed by atoms with Crippen LogP contribution >= 0.6 is 11.6 Å². The van der Waals surface area contributed by atoms with Crippen molar-refractivity contribution in [3.05, 3.63) is 82.5 Å². The summed E-state index contributed by atoms with van der Waals surface area (Å²) in [6.07, 6.45) is 0.817. The first kappa shape index (κ1) is 17.9. The molecule has 1 aromatic heterocycles. The summed E-state index contributed by atoms with van der Waals surface area (Å²) < 4.78 is 0. The second-order valence-corrected chi connectivity index (χ2v) is 6.37. The summed E-state index contributed by atoms with van der Waals surface area (Å²) in [6.45, 7) is 2.69. The third-order valence-corrected chi connectivity index (χ3v) is 4.05. The van der Waals surface area contributed by atoms with E-state index in [0.29, 0.717) is 12.4 Å². The van der Waals surface area contributed by atoms with Gasteiger partial charge in [-0.25, -0.2) is 0 Å². The van der Waals surface area contributed by atoms with Crippen LogP contribution in [0.4, 0.5) is 11.5 Å². The number of hydrogen-bond donors (Lipinski definition) is 2. The van der Waals surface area contributed by atoms with Gasteiger partial charge in [-0.3, -0.25) is 4.79 Å². The molecule has 0 unspecified atom stereocenters. The van der Waals surface area contributed by atoms with Crippen LogP contribution in [-0.4, -0.2) is 22.6 Å². The Morgan fingerprint density at radius 3 is 2.54 bits per heavy atom. The maximum absolute atomic E-state index is 12.2. The number of aromatic nitrogens is 2. The largest absolute Gasteiger partial charge is 0.368 e. The van der Waals surface area contributed by atoms with Gasteiger partial charge in [-0.05, 0) is 55.3 Å². The minimum absolute atomic E-state index is 0.269. The second-order valence-electron chi connectivity index (χ2n) is 5.93. The van der Waals surface area contributed by atoms with Crippen molar-refractivity contribution in [2.45, 2.75) is 13.3 Å². The lowest BCUT2D eigenvalue weighted by Crippen LogP contribution is -2.15. The van der Waals surface area contributed by atoms with Crippen LogP contribution in [-0.2, 0) is 6.42 Å².